The Morgan fingerprint density at radius 3 is 2.54 bits per heavy atom. The molecule has 3 fully saturated rings. The summed E-state index contributed by atoms with van der Waals surface area (Å²) in [5.74, 6) is 2.40. The first-order chi connectivity index (χ1) is 16.6. The van der Waals surface area contributed by atoms with Crippen molar-refractivity contribution in [1.29, 1.82) is 0 Å². The molecule has 1 unspecified atom stereocenters. The van der Waals surface area contributed by atoms with E-state index in [9.17, 15) is 9.59 Å². The van der Waals surface area contributed by atoms with Crippen LogP contribution in [0.2, 0.25) is 0 Å². The largest absolute Gasteiger partial charge is 0.454 e. The van der Waals surface area contributed by atoms with Crippen LogP contribution in [0, 0.1) is 5.92 Å². The summed E-state index contributed by atoms with van der Waals surface area (Å²) in [6.45, 7) is 5.52. The summed E-state index contributed by atoms with van der Waals surface area (Å²) in [4.78, 5) is 31.6. The van der Waals surface area contributed by atoms with Crippen molar-refractivity contribution in [2.45, 2.75) is 89.3 Å². The first kappa shape index (κ1) is 26.1. The lowest BCUT2D eigenvalue weighted by Gasteiger charge is -2.52. The lowest BCUT2D eigenvalue weighted by molar-refractivity contribution is -0.162. The van der Waals surface area contributed by atoms with E-state index in [0.717, 1.165) is 50.4 Å². The Labute approximate surface area is 215 Å². The van der Waals surface area contributed by atoms with Gasteiger partial charge in [-0.15, -0.1) is 12.4 Å². The number of ether oxygens (including phenoxy) is 2. The van der Waals surface area contributed by atoms with Crippen molar-refractivity contribution in [1.82, 2.24) is 15.1 Å². The third-order valence-electron chi connectivity index (χ3n) is 8.36. The number of nitrogens with zero attached hydrogens (tertiary/aromatic N) is 2. The molecule has 5 rings (SSSR count). The molecule has 2 saturated heterocycles. The van der Waals surface area contributed by atoms with Crippen molar-refractivity contribution in [2.75, 3.05) is 26.4 Å². The van der Waals surface area contributed by atoms with E-state index >= 15 is 0 Å². The number of carbonyl (C=O) groups excluding carboxylic acids is 2. The molecule has 1 saturated carbocycles. The van der Waals surface area contributed by atoms with Crippen molar-refractivity contribution < 1.29 is 19.1 Å². The number of nitrogens with one attached hydrogen (secondary N) is 1. The molecule has 1 N–H and O–H groups in total. The minimum absolute atomic E-state index is 0. The molecule has 1 aromatic rings. The zero-order valence-electron chi connectivity index (χ0n) is 20.9. The van der Waals surface area contributed by atoms with Gasteiger partial charge in [-0.25, -0.2) is 0 Å². The normalized spacial score (nSPS) is 24.4. The molecule has 1 atom stereocenters. The maximum Gasteiger partial charge on any atom is 0.246 e. The maximum absolute atomic E-state index is 13.7. The Balaban J connectivity index is 0.00000289. The van der Waals surface area contributed by atoms with Crippen LogP contribution < -0.4 is 14.8 Å². The number of piperazine rings is 1. The number of benzene rings is 1. The molecule has 8 heteroatoms. The molecule has 0 aromatic heterocycles. The SMILES string of the molecule is CCCCN1C(=O)C(CC2CCCCC2)NC(=O)C12CCN(Cc1ccc3c(c1)OCO3)CC2.Cl. The van der Waals surface area contributed by atoms with Gasteiger partial charge in [0.1, 0.15) is 11.6 Å². The van der Waals surface area contributed by atoms with Crippen molar-refractivity contribution >= 4 is 24.2 Å². The smallest absolute Gasteiger partial charge is 0.246 e. The molecule has 1 aliphatic carbocycles. The first-order valence-corrected chi connectivity index (χ1v) is 13.3. The van der Waals surface area contributed by atoms with Crippen LogP contribution in [0.15, 0.2) is 18.2 Å². The fourth-order valence-electron chi connectivity index (χ4n) is 6.31. The highest BCUT2D eigenvalue weighted by molar-refractivity contribution is 6.00. The number of fused-ring (bicyclic) bond motifs is 1. The second kappa shape index (κ2) is 11.4. The van der Waals surface area contributed by atoms with Gasteiger partial charge in [0.2, 0.25) is 18.6 Å². The zero-order chi connectivity index (χ0) is 23.5. The number of piperidine rings is 1. The van der Waals surface area contributed by atoms with Crippen LogP contribution in [0.5, 0.6) is 11.5 Å². The summed E-state index contributed by atoms with van der Waals surface area (Å²) in [5.41, 5.74) is 0.487. The third-order valence-corrected chi connectivity index (χ3v) is 8.36. The van der Waals surface area contributed by atoms with Gasteiger partial charge in [0, 0.05) is 26.2 Å². The molecule has 3 aliphatic heterocycles. The van der Waals surface area contributed by atoms with E-state index in [2.05, 4.69) is 23.2 Å². The molecule has 35 heavy (non-hydrogen) atoms. The minimum Gasteiger partial charge on any atom is -0.454 e. The van der Waals surface area contributed by atoms with E-state index < -0.39 is 5.54 Å². The van der Waals surface area contributed by atoms with Crippen LogP contribution >= 0.6 is 12.4 Å². The molecule has 7 nitrogen and oxygen atoms in total. The average molecular weight is 506 g/mol. The van der Waals surface area contributed by atoms with Crippen molar-refractivity contribution in [2.24, 2.45) is 5.92 Å². The van der Waals surface area contributed by atoms with Gasteiger partial charge < -0.3 is 19.7 Å². The Morgan fingerprint density at radius 2 is 1.80 bits per heavy atom. The summed E-state index contributed by atoms with van der Waals surface area (Å²) < 4.78 is 10.9. The van der Waals surface area contributed by atoms with Crippen LogP contribution in [-0.4, -0.2) is 59.6 Å². The highest BCUT2D eigenvalue weighted by atomic mass is 35.5. The maximum atomic E-state index is 13.7. The van der Waals surface area contributed by atoms with E-state index in [4.69, 9.17) is 9.47 Å². The summed E-state index contributed by atoms with van der Waals surface area (Å²) in [6.07, 6.45) is 10.3. The topological polar surface area (TPSA) is 71.1 Å². The Bertz CT molecular complexity index is 896. The van der Waals surface area contributed by atoms with Crippen molar-refractivity contribution in [3.8, 4) is 11.5 Å². The molecular formula is C27H40ClN3O4. The van der Waals surface area contributed by atoms with Gasteiger partial charge in [0.05, 0.1) is 0 Å². The molecule has 0 radical (unpaired) electrons. The van der Waals surface area contributed by atoms with Gasteiger partial charge in [-0.2, -0.15) is 0 Å². The summed E-state index contributed by atoms with van der Waals surface area (Å²) in [5, 5.41) is 3.19. The number of amides is 2. The molecular weight excluding hydrogens is 466 g/mol. The van der Waals surface area contributed by atoms with Crippen molar-refractivity contribution in [3.05, 3.63) is 23.8 Å². The quantitative estimate of drug-likeness (QED) is 0.599. The minimum atomic E-state index is -0.694. The van der Waals surface area contributed by atoms with E-state index in [1.165, 1.54) is 37.7 Å². The third kappa shape index (κ3) is 5.41. The highest BCUT2D eigenvalue weighted by Gasteiger charge is 2.53. The van der Waals surface area contributed by atoms with Gasteiger partial charge >= 0.3 is 0 Å². The number of hydrogen-bond donors (Lipinski definition) is 1. The fourth-order valence-corrected chi connectivity index (χ4v) is 6.31. The molecule has 1 spiro atoms. The van der Waals surface area contributed by atoms with Crippen LogP contribution in [0.3, 0.4) is 0 Å². The van der Waals surface area contributed by atoms with Gasteiger partial charge in [-0.05, 0) is 49.3 Å². The number of halogens is 1. The number of unbranched alkanes of at least 4 members (excludes halogenated alkanes) is 1. The van der Waals surface area contributed by atoms with Crippen LogP contribution in [0.4, 0.5) is 0 Å². The zero-order valence-corrected chi connectivity index (χ0v) is 21.7. The average Bonchev–Trinajstić information content (AvgIpc) is 3.32. The highest BCUT2D eigenvalue weighted by Crippen LogP contribution is 2.37. The molecule has 2 amide bonds. The number of hydrogen-bond acceptors (Lipinski definition) is 5. The monoisotopic (exact) mass is 505 g/mol. The van der Waals surface area contributed by atoms with Crippen LogP contribution in [0.1, 0.15) is 76.7 Å². The Kier molecular flexibility index (Phi) is 8.48. The summed E-state index contributed by atoms with van der Waals surface area (Å²) in [6, 6.07) is 5.75. The Morgan fingerprint density at radius 1 is 1.06 bits per heavy atom. The predicted molar refractivity (Wildman–Crippen MR) is 137 cm³/mol. The number of rotatable bonds is 7. The second-order valence-corrected chi connectivity index (χ2v) is 10.6. The summed E-state index contributed by atoms with van der Waals surface area (Å²) in [7, 11) is 0. The number of likely N-dealkylation sites (tertiary alicyclic amines) is 1. The van der Waals surface area contributed by atoms with Crippen LogP contribution in [0.25, 0.3) is 0 Å². The van der Waals surface area contributed by atoms with Gasteiger partial charge in [0.15, 0.2) is 11.5 Å². The predicted octanol–water partition coefficient (Wildman–Crippen LogP) is 4.27. The molecule has 1 aromatic carbocycles. The number of carbonyl (C=O) groups is 2. The lowest BCUT2D eigenvalue weighted by Crippen LogP contribution is -2.73. The first-order valence-electron chi connectivity index (χ1n) is 13.3. The van der Waals surface area contributed by atoms with Crippen molar-refractivity contribution in [3.63, 3.8) is 0 Å². The van der Waals surface area contributed by atoms with Gasteiger partial charge in [0.25, 0.3) is 0 Å². The van der Waals surface area contributed by atoms with E-state index in [1.807, 2.05) is 17.0 Å². The standard InChI is InChI=1S/C27H39N3O4.ClH/c1-2-3-13-30-25(31)22(16-20-7-5-4-6-8-20)28-26(32)27(30)11-14-29(15-12-27)18-21-9-10-23-24(17-21)34-19-33-23;/h9-10,17,20,22H,2-8,11-16,18-19H2,1H3,(H,28,32);1H. The second-order valence-electron chi connectivity index (χ2n) is 10.6. The lowest BCUT2D eigenvalue weighted by atomic mass is 9.79. The molecule has 0 bridgehead atoms. The molecule has 194 valence electrons. The Hall–Kier alpha value is -1.99. The van der Waals surface area contributed by atoms with E-state index in [1.54, 1.807) is 0 Å². The molecule has 4 aliphatic rings. The summed E-state index contributed by atoms with van der Waals surface area (Å²) >= 11 is 0. The molecule has 3 heterocycles. The van der Waals surface area contributed by atoms with Gasteiger partial charge in [-0.3, -0.25) is 14.5 Å². The van der Waals surface area contributed by atoms with E-state index in [-0.39, 0.29) is 37.1 Å². The van der Waals surface area contributed by atoms with Crippen LogP contribution in [-0.2, 0) is 16.1 Å². The van der Waals surface area contributed by atoms with Gasteiger partial charge in [-0.1, -0.05) is 51.5 Å². The van der Waals surface area contributed by atoms with E-state index in [0.29, 0.717) is 25.3 Å². The fraction of sp³-hybridized carbons (Fsp3) is 0.704.